The van der Waals surface area contributed by atoms with Crippen molar-refractivity contribution in [3.05, 3.63) is 17.0 Å². The second-order valence-corrected chi connectivity index (χ2v) is 3.48. The number of aryl methyl sites for hydroxylation is 2. The summed E-state index contributed by atoms with van der Waals surface area (Å²) in [5.41, 5.74) is 14.1. The highest BCUT2D eigenvalue weighted by molar-refractivity contribution is 5.40. The molecule has 0 saturated carbocycles. The fourth-order valence-electron chi connectivity index (χ4n) is 1.73. The first-order chi connectivity index (χ1) is 7.13. The zero-order valence-electron chi connectivity index (χ0n) is 8.86. The molecule has 0 aliphatic carbocycles. The molecule has 80 valence electrons. The fraction of sp³-hybridized carbons (Fsp3) is 0.444. The number of aromatic nitrogens is 4. The Balaban J connectivity index is 2.71. The van der Waals surface area contributed by atoms with Gasteiger partial charge in [0.2, 0.25) is 5.95 Å². The maximum atomic E-state index is 5.55. The highest BCUT2D eigenvalue weighted by Gasteiger charge is 2.11. The molecular weight excluding hydrogens is 192 g/mol. The van der Waals surface area contributed by atoms with Gasteiger partial charge in [-0.3, -0.25) is 0 Å². The summed E-state index contributed by atoms with van der Waals surface area (Å²) in [7, 11) is 0. The molecule has 0 aliphatic heterocycles. The van der Waals surface area contributed by atoms with Gasteiger partial charge in [0, 0.05) is 11.4 Å². The minimum atomic E-state index is 0.245. The summed E-state index contributed by atoms with van der Waals surface area (Å²) >= 11 is 0. The van der Waals surface area contributed by atoms with E-state index in [2.05, 4.69) is 15.1 Å². The molecule has 0 amide bonds. The number of nitrogen functional groups attached to an aromatic ring is 1. The van der Waals surface area contributed by atoms with Crippen LogP contribution in [0.5, 0.6) is 0 Å². The second-order valence-electron chi connectivity index (χ2n) is 3.48. The Morgan fingerprint density at radius 3 is 2.67 bits per heavy atom. The average molecular weight is 206 g/mol. The van der Waals surface area contributed by atoms with Crippen molar-refractivity contribution in [3.63, 3.8) is 0 Å². The van der Waals surface area contributed by atoms with Crippen LogP contribution in [0.2, 0.25) is 0 Å². The minimum absolute atomic E-state index is 0.245. The van der Waals surface area contributed by atoms with Crippen molar-refractivity contribution in [2.75, 3.05) is 12.3 Å². The Morgan fingerprint density at radius 2 is 2.00 bits per heavy atom. The third-order valence-corrected chi connectivity index (χ3v) is 2.46. The average Bonchev–Trinajstić information content (AvgIpc) is 2.53. The Bertz CT molecular complexity index is 501. The van der Waals surface area contributed by atoms with Gasteiger partial charge >= 0.3 is 0 Å². The van der Waals surface area contributed by atoms with E-state index >= 15 is 0 Å². The summed E-state index contributed by atoms with van der Waals surface area (Å²) in [5.74, 6) is 0.790. The number of fused-ring (bicyclic) bond motifs is 1. The number of hydrogen-bond donors (Lipinski definition) is 2. The summed E-state index contributed by atoms with van der Waals surface area (Å²) < 4.78 is 1.66. The van der Waals surface area contributed by atoms with Crippen molar-refractivity contribution in [1.82, 2.24) is 19.6 Å². The van der Waals surface area contributed by atoms with E-state index < -0.39 is 0 Å². The third-order valence-electron chi connectivity index (χ3n) is 2.46. The Labute approximate surface area is 87.3 Å². The lowest BCUT2D eigenvalue weighted by Crippen LogP contribution is -2.11. The molecule has 0 saturated heterocycles. The van der Waals surface area contributed by atoms with Gasteiger partial charge in [0.1, 0.15) is 0 Å². The first kappa shape index (κ1) is 9.85. The molecular formula is C9H14N6. The first-order valence-corrected chi connectivity index (χ1v) is 4.82. The molecule has 0 fully saturated rings. The molecule has 0 radical (unpaired) electrons. The van der Waals surface area contributed by atoms with Gasteiger partial charge in [-0.2, -0.15) is 9.50 Å². The molecule has 2 aromatic rings. The van der Waals surface area contributed by atoms with E-state index in [0.717, 1.165) is 23.4 Å². The normalized spacial score (nSPS) is 11.1. The second kappa shape index (κ2) is 3.47. The largest absolute Gasteiger partial charge is 0.366 e. The molecule has 0 aliphatic rings. The topological polar surface area (TPSA) is 95.1 Å². The SMILES string of the molecule is Cc1nc2nc(N)nn2c(C)c1CCN. The van der Waals surface area contributed by atoms with Gasteiger partial charge in [-0.1, -0.05) is 0 Å². The van der Waals surface area contributed by atoms with Crippen LogP contribution in [-0.4, -0.2) is 26.1 Å². The molecule has 2 aromatic heterocycles. The summed E-state index contributed by atoms with van der Waals surface area (Å²) in [6, 6.07) is 0. The van der Waals surface area contributed by atoms with Crippen LogP contribution in [-0.2, 0) is 6.42 Å². The molecule has 0 spiro atoms. The van der Waals surface area contributed by atoms with Crippen LogP contribution >= 0.6 is 0 Å². The highest BCUT2D eigenvalue weighted by atomic mass is 15.4. The van der Waals surface area contributed by atoms with E-state index in [4.69, 9.17) is 11.5 Å². The van der Waals surface area contributed by atoms with Crippen molar-refractivity contribution >= 4 is 11.7 Å². The fourth-order valence-corrected chi connectivity index (χ4v) is 1.73. The molecule has 0 aromatic carbocycles. The summed E-state index contributed by atoms with van der Waals surface area (Å²) in [5, 5.41) is 4.08. The standard InChI is InChI=1S/C9H14N6/c1-5-7(3-4-10)6(2)15-9(12-5)13-8(11)14-15/h3-4,10H2,1-2H3,(H2,11,14). The first-order valence-electron chi connectivity index (χ1n) is 4.82. The number of hydrogen-bond acceptors (Lipinski definition) is 5. The molecule has 0 bridgehead atoms. The molecule has 2 rings (SSSR count). The van der Waals surface area contributed by atoms with E-state index in [0.29, 0.717) is 12.3 Å². The van der Waals surface area contributed by atoms with Gasteiger partial charge in [-0.15, -0.1) is 5.10 Å². The molecule has 6 heteroatoms. The molecule has 6 nitrogen and oxygen atoms in total. The smallest absolute Gasteiger partial charge is 0.254 e. The number of anilines is 1. The monoisotopic (exact) mass is 206 g/mol. The van der Waals surface area contributed by atoms with Gasteiger partial charge in [0.05, 0.1) is 0 Å². The summed E-state index contributed by atoms with van der Waals surface area (Å²) in [4.78, 5) is 8.35. The molecule has 2 heterocycles. The van der Waals surface area contributed by atoms with Crippen LogP contribution < -0.4 is 11.5 Å². The van der Waals surface area contributed by atoms with Gasteiger partial charge < -0.3 is 11.5 Å². The van der Waals surface area contributed by atoms with Crippen LogP contribution in [0.15, 0.2) is 0 Å². The third kappa shape index (κ3) is 1.52. The lowest BCUT2D eigenvalue weighted by molar-refractivity contribution is 0.832. The lowest BCUT2D eigenvalue weighted by atomic mass is 10.1. The molecule has 15 heavy (non-hydrogen) atoms. The highest BCUT2D eigenvalue weighted by Crippen LogP contribution is 2.14. The van der Waals surface area contributed by atoms with Gasteiger partial charge in [-0.25, -0.2) is 4.98 Å². The van der Waals surface area contributed by atoms with Crippen LogP contribution in [0.4, 0.5) is 5.95 Å². The van der Waals surface area contributed by atoms with Crippen LogP contribution in [0.3, 0.4) is 0 Å². The minimum Gasteiger partial charge on any atom is -0.366 e. The summed E-state index contributed by atoms with van der Waals surface area (Å²) in [6.07, 6.45) is 0.792. The Hall–Kier alpha value is -1.69. The predicted molar refractivity (Wildman–Crippen MR) is 57.4 cm³/mol. The molecule has 0 atom stereocenters. The van der Waals surface area contributed by atoms with Crippen molar-refractivity contribution < 1.29 is 0 Å². The quantitative estimate of drug-likeness (QED) is 0.711. The predicted octanol–water partition coefficient (Wildman–Crippen LogP) is -0.175. The van der Waals surface area contributed by atoms with Crippen molar-refractivity contribution in [1.29, 1.82) is 0 Å². The van der Waals surface area contributed by atoms with E-state index in [1.54, 1.807) is 4.52 Å². The summed E-state index contributed by atoms with van der Waals surface area (Å²) in [6.45, 7) is 4.52. The van der Waals surface area contributed by atoms with E-state index in [-0.39, 0.29) is 5.95 Å². The molecule has 4 N–H and O–H groups in total. The Kier molecular flexibility index (Phi) is 2.28. The molecule has 0 unspecified atom stereocenters. The van der Waals surface area contributed by atoms with E-state index in [1.165, 1.54) is 0 Å². The maximum Gasteiger partial charge on any atom is 0.254 e. The number of rotatable bonds is 2. The lowest BCUT2D eigenvalue weighted by Gasteiger charge is -2.08. The number of nitrogens with zero attached hydrogens (tertiary/aromatic N) is 4. The Morgan fingerprint density at radius 1 is 1.27 bits per heavy atom. The van der Waals surface area contributed by atoms with E-state index in [1.807, 2.05) is 13.8 Å². The van der Waals surface area contributed by atoms with Gasteiger partial charge in [0.15, 0.2) is 0 Å². The van der Waals surface area contributed by atoms with E-state index in [9.17, 15) is 0 Å². The zero-order chi connectivity index (χ0) is 11.0. The zero-order valence-corrected chi connectivity index (χ0v) is 8.86. The van der Waals surface area contributed by atoms with Crippen LogP contribution in [0.25, 0.3) is 5.78 Å². The van der Waals surface area contributed by atoms with Gasteiger partial charge in [-0.05, 0) is 32.4 Å². The van der Waals surface area contributed by atoms with Crippen molar-refractivity contribution in [3.8, 4) is 0 Å². The van der Waals surface area contributed by atoms with Crippen molar-refractivity contribution in [2.45, 2.75) is 20.3 Å². The maximum absolute atomic E-state index is 5.55. The number of nitrogens with two attached hydrogens (primary N) is 2. The van der Waals surface area contributed by atoms with Crippen LogP contribution in [0.1, 0.15) is 17.0 Å². The van der Waals surface area contributed by atoms with Crippen molar-refractivity contribution in [2.24, 2.45) is 5.73 Å². The van der Waals surface area contributed by atoms with Gasteiger partial charge in [0.25, 0.3) is 5.78 Å². The van der Waals surface area contributed by atoms with Crippen LogP contribution in [0, 0.1) is 13.8 Å².